The first kappa shape index (κ1) is 25.7. The molecule has 1 heterocycles. The van der Waals surface area contributed by atoms with Crippen LogP contribution in [0.1, 0.15) is 57.6 Å². The van der Waals surface area contributed by atoms with E-state index < -0.39 is 28.2 Å². The molecule has 2 aliphatic rings. The van der Waals surface area contributed by atoms with Gasteiger partial charge in [0.15, 0.2) is 0 Å². The molecule has 1 aromatic rings. The van der Waals surface area contributed by atoms with Gasteiger partial charge in [0.1, 0.15) is 6.17 Å². The van der Waals surface area contributed by atoms with Crippen LogP contribution in [0.15, 0.2) is 45.9 Å². The predicted octanol–water partition coefficient (Wildman–Crippen LogP) is 4.98. The highest BCUT2D eigenvalue weighted by Crippen LogP contribution is 2.47. The summed E-state index contributed by atoms with van der Waals surface area (Å²) < 4.78 is 47.9. The van der Waals surface area contributed by atoms with Crippen LogP contribution in [0.3, 0.4) is 0 Å². The fourth-order valence-corrected chi connectivity index (χ4v) is 6.41. The Bertz CT molecular complexity index is 1040. The van der Waals surface area contributed by atoms with Crippen LogP contribution in [-0.2, 0) is 19.6 Å². The molecule has 0 radical (unpaired) electrons. The minimum atomic E-state index is -3.89. The number of halogens is 2. The number of carbonyl (C=O) groups excluding carboxylic acids is 1. The summed E-state index contributed by atoms with van der Waals surface area (Å²) in [6.45, 7) is 4.50. The third-order valence-electron chi connectivity index (χ3n) is 6.24. The number of fused-ring (bicyclic) bond motifs is 1. The van der Waals surface area contributed by atoms with Crippen LogP contribution in [0.4, 0.5) is 10.1 Å². The molecule has 1 aromatic carbocycles. The Morgan fingerprint density at radius 1 is 1.21 bits per heavy atom. The monoisotopic (exact) mass is 498 g/mol. The zero-order valence-electron chi connectivity index (χ0n) is 19.3. The van der Waals surface area contributed by atoms with Crippen molar-refractivity contribution in [3.05, 3.63) is 51.4 Å². The second-order valence-corrected chi connectivity index (χ2v) is 10.8. The van der Waals surface area contributed by atoms with Gasteiger partial charge in [-0.05, 0) is 49.6 Å². The number of esters is 1. The molecule has 3 unspecified atom stereocenters. The van der Waals surface area contributed by atoms with E-state index in [0.29, 0.717) is 30.8 Å². The van der Waals surface area contributed by atoms with Crippen LogP contribution in [0.5, 0.6) is 0 Å². The van der Waals surface area contributed by atoms with E-state index in [1.54, 1.807) is 26.0 Å². The van der Waals surface area contributed by atoms with Crippen molar-refractivity contribution in [3.63, 3.8) is 0 Å². The van der Waals surface area contributed by atoms with Gasteiger partial charge in [-0.2, -0.15) is 0 Å². The Hall–Kier alpha value is -1.90. The van der Waals surface area contributed by atoms with Crippen LogP contribution < -0.4 is 9.62 Å². The van der Waals surface area contributed by atoms with Gasteiger partial charge in [-0.25, -0.2) is 12.8 Å². The van der Waals surface area contributed by atoms with Crippen LogP contribution in [0.2, 0.25) is 0 Å². The Balaban J connectivity index is 1.80. The first-order valence-electron chi connectivity index (χ1n) is 11.4. The molecule has 1 N–H and O–H groups in total. The highest BCUT2D eigenvalue weighted by atomic mass is 35.5. The number of benzene rings is 1. The molecule has 1 aliphatic carbocycles. The molecular formula is C24H32ClFN2O4S. The number of carbonyl (C=O) groups is 1. The van der Waals surface area contributed by atoms with E-state index in [9.17, 15) is 17.6 Å². The number of anilines is 1. The number of nitrogens with zero attached hydrogens (tertiary/aromatic N) is 1. The fourth-order valence-electron chi connectivity index (χ4n) is 4.45. The maximum absolute atomic E-state index is 14.9. The average Bonchev–Trinajstić information content (AvgIpc) is 2.85. The average molecular weight is 499 g/mol. The summed E-state index contributed by atoms with van der Waals surface area (Å²) in [4.78, 5) is 11.5. The van der Waals surface area contributed by atoms with Crippen molar-refractivity contribution in [1.82, 2.24) is 5.32 Å². The van der Waals surface area contributed by atoms with Crippen molar-refractivity contribution in [2.45, 2.75) is 58.2 Å². The zero-order chi connectivity index (χ0) is 24.2. The largest absolute Gasteiger partial charge is 0.466 e. The predicted molar refractivity (Wildman–Crippen MR) is 129 cm³/mol. The molecule has 0 aromatic heterocycles. The van der Waals surface area contributed by atoms with Gasteiger partial charge < -0.3 is 10.1 Å². The third-order valence-corrected chi connectivity index (χ3v) is 8.39. The maximum Gasteiger partial charge on any atom is 0.305 e. The Labute approximate surface area is 200 Å². The number of ether oxygens (including phenoxy) is 1. The summed E-state index contributed by atoms with van der Waals surface area (Å²) in [6.07, 6.45) is 3.66. The van der Waals surface area contributed by atoms with Crippen LogP contribution in [0.25, 0.3) is 0 Å². The maximum atomic E-state index is 14.9. The number of para-hydroxylation sites is 1. The summed E-state index contributed by atoms with van der Waals surface area (Å²) >= 11 is 6.10. The lowest BCUT2D eigenvalue weighted by atomic mass is 9.83. The molecular weight excluding hydrogens is 467 g/mol. The van der Waals surface area contributed by atoms with Crippen LogP contribution in [-0.4, -0.2) is 40.8 Å². The van der Waals surface area contributed by atoms with Crippen molar-refractivity contribution in [3.8, 4) is 0 Å². The van der Waals surface area contributed by atoms with E-state index in [4.69, 9.17) is 16.3 Å². The minimum absolute atomic E-state index is 0.0690. The van der Waals surface area contributed by atoms with E-state index in [1.165, 1.54) is 17.4 Å². The van der Waals surface area contributed by atoms with Crippen molar-refractivity contribution in [2.24, 2.45) is 5.92 Å². The van der Waals surface area contributed by atoms with Gasteiger partial charge >= 0.3 is 5.97 Å². The Morgan fingerprint density at radius 3 is 2.64 bits per heavy atom. The summed E-state index contributed by atoms with van der Waals surface area (Å²) in [7, 11) is -2.38. The first-order chi connectivity index (χ1) is 15.7. The van der Waals surface area contributed by atoms with Crippen molar-refractivity contribution >= 4 is 33.3 Å². The van der Waals surface area contributed by atoms with Crippen molar-refractivity contribution in [2.75, 3.05) is 24.5 Å². The first-order valence-corrected chi connectivity index (χ1v) is 13.2. The van der Waals surface area contributed by atoms with Crippen LogP contribution in [0, 0.1) is 5.92 Å². The molecule has 0 spiro atoms. The second kappa shape index (κ2) is 11.0. The third kappa shape index (κ3) is 5.44. The topological polar surface area (TPSA) is 75.7 Å². The summed E-state index contributed by atoms with van der Waals surface area (Å²) in [5.74, 6) is -0.858. The standard InChI is InChI=1S/C24H32ClFN2O4S/c1-4-32-21(29)13-7-5-6-10-14-27-24-17-11-8-9-12-19(17)28(3)33(30,31)20-15-18(25)23(26)16(2)22(20)24/h8-9,11-12,15-16,23-24,27H,4-7,10,13-14H2,1-3H3. The lowest BCUT2D eigenvalue weighted by Crippen LogP contribution is -2.33. The second-order valence-electron chi connectivity index (χ2n) is 8.43. The smallest absolute Gasteiger partial charge is 0.305 e. The van der Waals surface area contributed by atoms with E-state index in [2.05, 4.69) is 5.32 Å². The van der Waals surface area contributed by atoms with Crippen molar-refractivity contribution < 1.29 is 22.3 Å². The quantitative estimate of drug-likeness (QED) is 0.384. The normalized spacial score (nSPS) is 24.0. The van der Waals surface area contributed by atoms with Crippen molar-refractivity contribution in [1.29, 1.82) is 0 Å². The highest BCUT2D eigenvalue weighted by molar-refractivity contribution is 7.96. The summed E-state index contributed by atoms with van der Waals surface area (Å²) in [6, 6.07) is 6.84. The van der Waals surface area contributed by atoms with E-state index in [-0.39, 0.29) is 15.9 Å². The molecule has 3 atom stereocenters. The minimum Gasteiger partial charge on any atom is -0.466 e. The molecule has 33 heavy (non-hydrogen) atoms. The molecule has 9 heteroatoms. The molecule has 182 valence electrons. The number of alkyl halides is 1. The number of unbranched alkanes of at least 4 members (excludes halogenated alkanes) is 3. The SMILES string of the molecule is CCOC(=O)CCCCCCNC1C2=C(C=C(Cl)C(F)C2C)S(=O)(=O)N(C)c2ccccc21. The fraction of sp³-hybridized carbons (Fsp3) is 0.542. The van der Waals surface area contributed by atoms with Gasteiger partial charge in [-0.1, -0.05) is 49.6 Å². The zero-order valence-corrected chi connectivity index (χ0v) is 20.9. The molecule has 3 rings (SSSR count). The van der Waals surface area contributed by atoms with E-state index in [0.717, 1.165) is 31.2 Å². The number of nitrogens with one attached hydrogen (secondary N) is 1. The number of sulfonamides is 1. The molecule has 1 aliphatic heterocycles. The number of allylic oxidation sites excluding steroid dienone is 2. The number of hydrogen-bond donors (Lipinski definition) is 1. The number of hydrogen-bond acceptors (Lipinski definition) is 5. The lowest BCUT2D eigenvalue weighted by Gasteiger charge is -2.31. The molecule has 0 saturated carbocycles. The number of rotatable bonds is 9. The van der Waals surface area contributed by atoms with E-state index in [1.807, 2.05) is 12.1 Å². The molecule has 0 bridgehead atoms. The molecule has 0 amide bonds. The molecule has 6 nitrogen and oxygen atoms in total. The van der Waals surface area contributed by atoms with E-state index >= 15 is 0 Å². The lowest BCUT2D eigenvalue weighted by molar-refractivity contribution is -0.143. The Morgan fingerprint density at radius 2 is 1.91 bits per heavy atom. The summed E-state index contributed by atoms with van der Waals surface area (Å²) in [5.41, 5.74) is 1.86. The van der Waals surface area contributed by atoms with Gasteiger partial charge in [-0.3, -0.25) is 9.10 Å². The molecule has 0 fully saturated rings. The highest BCUT2D eigenvalue weighted by Gasteiger charge is 2.43. The summed E-state index contributed by atoms with van der Waals surface area (Å²) in [5, 5.41) is 3.39. The van der Waals surface area contributed by atoms with Crippen LogP contribution >= 0.6 is 11.6 Å². The van der Waals surface area contributed by atoms with Gasteiger partial charge in [-0.15, -0.1) is 0 Å². The van der Waals surface area contributed by atoms with Gasteiger partial charge in [0.2, 0.25) is 0 Å². The molecule has 0 saturated heterocycles. The van der Waals surface area contributed by atoms with Gasteiger partial charge in [0.05, 0.1) is 28.3 Å². The Kier molecular flexibility index (Phi) is 8.59. The van der Waals surface area contributed by atoms with Gasteiger partial charge in [0, 0.05) is 19.4 Å². The van der Waals surface area contributed by atoms with Gasteiger partial charge in [0.25, 0.3) is 10.0 Å².